The van der Waals surface area contributed by atoms with Crippen LogP contribution in [-0.2, 0) is 0 Å². The molecular weight excluding hydrogens is 252 g/mol. The first kappa shape index (κ1) is 11.5. The van der Waals surface area contributed by atoms with Gasteiger partial charge in [-0.2, -0.15) is 4.98 Å². The van der Waals surface area contributed by atoms with Gasteiger partial charge < -0.3 is 15.5 Å². The second-order valence-electron chi connectivity index (χ2n) is 4.00. The van der Waals surface area contributed by atoms with Crippen LogP contribution in [0.3, 0.4) is 0 Å². The Balaban J connectivity index is 1.96. The smallest absolute Gasteiger partial charge is 0.300 e. The maximum Gasteiger partial charge on any atom is 0.300 e. The number of nitrogens with two attached hydrogens (primary N) is 1. The minimum atomic E-state index is -0.721. The number of fused-ring (bicyclic) bond motifs is 1. The van der Waals surface area contributed by atoms with Crippen LogP contribution < -0.4 is 11.1 Å². The number of aromatic nitrogens is 1. The number of oxazole rings is 1. The molecule has 96 valence electrons. The Morgan fingerprint density at radius 3 is 2.74 bits per heavy atom. The Morgan fingerprint density at radius 1 is 1.11 bits per heavy atom. The van der Waals surface area contributed by atoms with Gasteiger partial charge in [0.05, 0.1) is 5.69 Å². The van der Waals surface area contributed by atoms with Crippen molar-refractivity contribution in [3.05, 3.63) is 48.0 Å². The number of hydrogen-bond acceptors (Lipinski definition) is 4. The Labute approximate surface area is 106 Å². The summed E-state index contributed by atoms with van der Waals surface area (Å²) in [5.74, 6) is -1.37. The second kappa shape index (κ2) is 4.24. The molecule has 3 rings (SSSR count). The second-order valence-corrected chi connectivity index (χ2v) is 4.00. The molecule has 0 unspecified atom stereocenters. The molecule has 0 spiro atoms. The Bertz CT molecular complexity index is 755. The first-order chi connectivity index (χ1) is 9.11. The topological polar surface area (TPSA) is 64.1 Å². The lowest BCUT2D eigenvalue weighted by Gasteiger charge is -2.02. The predicted molar refractivity (Wildman–Crippen MR) is 68.1 cm³/mol. The largest absolute Gasteiger partial charge is 0.423 e. The molecule has 0 aliphatic heterocycles. The molecule has 1 heterocycles. The molecule has 0 saturated heterocycles. The number of nitrogen functional groups attached to an aromatic ring is 1. The normalized spacial score (nSPS) is 10.8. The summed E-state index contributed by atoms with van der Waals surface area (Å²) in [6.45, 7) is 0. The number of anilines is 3. The van der Waals surface area contributed by atoms with E-state index in [9.17, 15) is 8.78 Å². The van der Waals surface area contributed by atoms with Crippen molar-refractivity contribution in [2.75, 3.05) is 11.1 Å². The van der Waals surface area contributed by atoms with E-state index < -0.39 is 11.6 Å². The third-order valence-corrected chi connectivity index (χ3v) is 2.59. The highest BCUT2D eigenvalue weighted by atomic mass is 19.1. The molecule has 0 radical (unpaired) electrons. The molecular formula is C13H9F2N3O. The van der Waals surface area contributed by atoms with Gasteiger partial charge in [0, 0.05) is 17.8 Å². The average Bonchev–Trinajstić information content (AvgIpc) is 2.74. The van der Waals surface area contributed by atoms with E-state index in [2.05, 4.69) is 10.3 Å². The molecule has 0 aliphatic carbocycles. The van der Waals surface area contributed by atoms with Crippen molar-refractivity contribution in [3.8, 4) is 0 Å². The molecule has 6 heteroatoms. The van der Waals surface area contributed by atoms with E-state index in [0.717, 1.165) is 12.1 Å². The van der Waals surface area contributed by atoms with Crippen LogP contribution in [0.5, 0.6) is 0 Å². The first-order valence-electron chi connectivity index (χ1n) is 5.50. The number of nitrogens with zero attached hydrogens (tertiary/aromatic N) is 1. The number of halogens is 2. The molecule has 3 N–H and O–H groups in total. The van der Waals surface area contributed by atoms with Crippen molar-refractivity contribution >= 4 is 28.5 Å². The van der Waals surface area contributed by atoms with Gasteiger partial charge in [0.15, 0.2) is 5.58 Å². The number of benzene rings is 2. The van der Waals surface area contributed by atoms with Gasteiger partial charge in [-0.25, -0.2) is 8.78 Å². The fourth-order valence-electron chi connectivity index (χ4n) is 1.70. The van der Waals surface area contributed by atoms with Crippen LogP contribution >= 0.6 is 0 Å². The minimum Gasteiger partial charge on any atom is -0.423 e. The van der Waals surface area contributed by atoms with Gasteiger partial charge in [0.2, 0.25) is 0 Å². The van der Waals surface area contributed by atoms with Crippen molar-refractivity contribution in [3.63, 3.8) is 0 Å². The summed E-state index contributed by atoms with van der Waals surface area (Å²) in [5.41, 5.74) is 7.33. The molecule has 0 amide bonds. The highest BCUT2D eigenvalue weighted by molar-refractivity contribution is 5.78. The van der Waals surface area contributed by atoms with Gasteiger partial charge in [0.25, 0.3) is 6.01 Å². The van der Waals surface area contributed by atoms with Crippen molar-refractivity contribution in [1.82, 2.24) is 4.98 Å². The van der Waals surface area contributed by atoms with Crippen LogP contribution in [0.4, 0.5) is 26.2 Å². The van der Waals surface area contributed by atoms with Crippen LogP contribution in [0.2, 0.25) is 0 Å². The number of nitrogens with one attached hydrogen (secondary N) is 1. The van der Waals surface area contributed by atoms with E-state index in [1.165, 1.54) is 6.07 Å². The highest BCUT2D eigenvalue weighted by Crippen LogP contribution is 2.25. The number of rotatable bonds is 2. The van der Waals surface area contributed by atoms with Crippen LogP contribution in [0.25, 0.3) is 11.1 Å². The van der Waals surface area contributed by atoms with Gasteiger partial charge >= 0.3 is 0 Å². The third kappa shape index (κ3) is 2.20. The quantitative estimate of drug-likeness (QED) is 0.694. The standard InChI is InChI=1S/C13H9F2N3O/c14-7-1-3-10(9(15)5-7)17-13-18-11-4-2-8(16)6-12(11)19-13/h1-6H,16H2,(H,17,18). The Morgan fingerprint density at radius 2 is 1.95 bits per heavy atom. The summed E-state index contributed by atoms with van der Waals surface area (Å²) < 4.78 is 31.6. The lowest BCUT2D eigenvalue weighted by molar-refractivity contribution is 0.582. The fraction of sp³-hybridized carbons (Fsp3) is 0. The molecule has 1 aromatic heterocycles. The molecule has 0 fully saturated rings. The summed E-state index contributed by atoms with van der Waals surface area (Å²) >= 11 is 0. The fourth-order valence-corrected chi connectivity index (χ4v) is 1.70. The third-order valence-electron chi connectivity index (χ3n) is 2.59. The summed E-state index contributed by atoms with van der Waals surface area (Å²) in [7, 11) is 0. The summed E-state index contributed by atoms with van der Waals surface area (Å²) in [5, 5.41) is 2.65. The maximum absolute atomic E-state index is 13.5. The van der Waals surface area contributed by atoms with E-state index in [4.69, 9.17) is 10.2 Å². The van der Waals surface area contributed by atoms with Gasteiger partial charge in [-0.15, -0.1) is 0 Å². The minimum absolute atomic E-state index is 0.0842. The molecule has 4 nitrogen and oxygen atoms in total. The highest BCUT2D eigenvalue weighted by Gasteiger charge is 2.09. The van der Waals surface area contributed by atoms with E-state index in [0.29, 0.717) is 16.8 Å². The van der Waals surface area contributed by atoms with E-state index >= 15 is 0 Å². The van der Waals surface area contributed by atoms with Gasteiger partial charge in [-0.3, -0.25) is 0 Å². The first-order valence-corrected chi connectivity index (χ1v) is 5.50. The van der Waals surface area contributed by atoms with Crippen LogP contribution in [0.1, 0.15) is 0 Å². The zero-order chi connectivity index (χ0) is 13.4. The number of hydrogen-bond donors (Lipinski definition) is 2. The van der Waals surface area contributed by atoms with Crippen molar-refractivity contribution in [1.29, 1.82) is 0 Å². The lowest BCUT2D eigenvalue weighted by Crippen LogP contribution is -1.94. The summed E-state index contributed by atoms with van der Waals surface area (Å²) in [6, 6.07) is 8.32. The van der Waals surface area contributed by atoms with Crippen molar-refractivity contribution in [2.24, 2.45) is 0 Å². The van der Waals surface area contributed by atoms with E-state index in [1.807, 2.05) is 0 Å². The van der Waals surface area contributed by atoms with Crippen molar-refractivity contribution in [2.45, 2.75) is 0 Å². The lowest BCUT2D eigenvalue weighted by atomic mass is 10.3. The molecule has 2 aromatic carbocycles. The Hall–Kier alpha value is -2.63. The zero-order valence-electron chi connectivity index (χ0n) is 9.65. The van der Waals surface area contributed by atoms with Gasteiger partial charge in [0.1, 0.15) is 17.2 Å². The summed E-state index contributed by atoms with van der Waals surface area (Å²) in [6.07, 6.45) is 0. The Kier molecular flexibility index (Phi) is 2.56. The van der Waals surface area contributed by atoms with Gasteiger partial charge in [-0.05, 0) is 24.3 Å². The van der Waals surface area contributed by atoms with Crippen molar-refractivity contribution < 1.29 is 13.2 Å². The molecule has 0 bridgehead atoms. The van der Waals surface area contributed by atoms with Crippen LogP contribution in [0.15, 0.2) is 40.8 Å². The SMILES string of the molecule is Nc1ccc2nc(Nc3ccc(F)cc3F)oc2c1. The van der Waals surface area contributed by atoms with E-state index in [1.54, 1.807) is 18.2 Å². The molecule has 0 atom stereocenters. The summed E-state index contributed by atoms with van der Waals surface area (Å²) in [4.78, 5) is 4.12. The zero-order valence-corrected chi connectivity index (χ0v) is 9.65. The van der Waals surface area contributed by atoms with Crippen LogP contribution in [0, 0.1) is 11.6 Å². The molecule has 19 heavy (non-hydrogen) atoms. The molecule has 0 aliphatic rings. The molecule has 0 saturated carbocycles. The van der Waals surface area contributed by atoms with E-state index in [-0.39, 0.29) is 11.7 Å². The predicted octanol–water partition coefficient (Wildman–Crippen LogP) is 3.43. The van der Waals surface area contributed by atoms with Gasteiger partial charge in [-0.1, -0.05) is 0 Å². The average molecular weight is 261 g/mol. The molecule has 3 aromatic rings. The van der Waals surface area contributed by atoms with Crippen LogP contribution in [-0.4, -0.2) is 4.98 Å². The maximum atomic E-state index is 13.5. The monoisotopic (exact) mass is 261 g/mol.